The van der Waals surface area contributed by atoms with Crippen molar-refractivity contribution in [2.45, 2.75) is 39.7 Å². The van der Waals surface area contributed by atoms with E-state index in [1.807, 2.05) is 12.4 Å². The Labute approximate surface area is 144 Å². The van der Waals surface area contributed by atoms with Crippen LogP contribution in [0.2, 0.25) is 0 Å². The SMILES string of the molecule is CCS(=O)(=O)C[C@H]1CN(c2ccc(C(C)C)c3ccncc23)[C@@H]1C. The number of anilines is 1. The van der Waals surface area contributed by atoms with Crippen LogP contribution in [0.1, 0.15) is 39.2 Å². The molecule has 2 aromatic rings. The summed E-state index contributed by atoms with van der Waals surface area (Å²) < 4.78 is 23.8. The lowest BCUT2D eigenvalue weighted by Crippen LogP contribution is -2.57. The lowest BCUT2D eigenvalue weighted by atomic mass is 9.89. The van der Waals surface area contributed by atoms with Crippen LogP contribution in [0.4, 0.5) is 5.69 Å². The molecule has 0 bridgehead atoms. The molecule has 2 atom stereocenters. The number of hydrogen-bond donors (Lipinski definition) is 0. The third-order valence-corrected chi connectivity index (χ3v) is 7.09. The van der Waals surface area contributed by atoms with Crippen LogP contribution in [0.25, 0.3) is 10.8 Å². The van der Waals surface area contributed by atoms with Crippen LogP contribution in [0.15, 0.2) is 30.6 Å². The van der Waals surface area contributed by atoms with Crippen LogP contribution < -0.4 is 4.90 Å². The number of sulfone groups is 1. The van der Waals surface area contributed by atoms with Gasteiger partial charge in [0.05, 0.1) is 5.75 Å². The first kappa shape index (κ1) is 17.2. The van der Waals surface area contributed by atoms with E-state index >= 15 is 0 Å². The van der Waals surface area contributed by atoms with Crippen LogP contribution in [0.5, 0.6) is 0 Å². The zero-order valence-corrected chi connectivity index (χ0v) is 15.7. The molecule has 0 spiro atoms. The molecule has 0 N–H and O–H groups in total. The highest BCUT2D eigenvalue weighted by atomic mass is 32.2. The van der Waals surface area contributed by atoms with E-state index in [1.54, 1.807) is 6.92 Å². The minimum absolute atomic E-state index is 0.214. The fourth-order valence-electron chi connectivity index (χ4n) is 3.59. The van der Waals surface area contributed by atoms with E-state index in [9.17, 15) is 8.42 Å². The molecule has 1 aliphatic heterocycles. The van der Waals surface area contributed by atoms with Crippen LogP contribution in [-0.2, 0) is 9.84 Å². The Morgan fingerprint density at radius 3 is 2.62 bits per heavy atom. The molecule has 0 unspecified atom stereocenters. The summed E-state index contributed by atoms with van der Waals surface area (Å²) in [6, 6.07) is 6.68. The summed E-state index contributed by atoms with van der Waals surface area (Å²) in [7, 11) is -2.92. The summed E-state index contributed by atoms with van der Waals surface area (Å²) >= 11 is 0. The fourth-order valence-corrected chi connectivity index (χ4v) is 4.87. The Hall–Kier alpha value is -1.62. The minimum atomic E-state index is -2.92. The van der Waals surface area contributed by atoms with Gasteiger partial charge < -0.3 is 4.90 Å². The Bertz CT molecular complexity index is 846. The van der Waals surface area contributed by atoms with Crippen molar-refractivity contribution in [1.82, 2.24) is 4.98 Å². The lowest BCUT2D eigenvalue weighted by Gasteiger charge is -2.48. The molecule has 1 aromatic carbocycles. The molecule has 3 rings (SSSR count). The number of hydrogen-bond acceptors (Lipinski definition) is 4. The maximum absolute atomic E-state index is 11.9. The molecule has 0 amide bonds. The quantitative estimate of drug-likeness (QED) is 0.830. The van der Waals surface area contributed by atoms with Crippen molar-refractivity contribution in [2.75, 3.05) is 23.0 Å². The summed E-state index contributed by atoms with van der Waals surface area (Å²) in [4.78, 5) is 6.62. The van der Waals surface area contributed by atoms with Crippen LogP contribution in [0.3, 0.4) is 0 Å². The van der Waals surface area contributed by atoms with Gasteiger partial charge in [-0.25, -0.2) is 8.42 Å². The molecule has 0 aliphatic carbocycles. The Balaban J connectivity index is 1.91. The van der Waals surface area contributed by atoms with Crippen LogP contribution >= 0.6 is 0 Å². The van der Waals surface area contributed by atoms with Gasteiger partial charge in [-0.15, -0.1) is 0 Å². The van der Waals surface area contributed by atoms with Crippen molar-refractivity contribution in [2.24, 2.45) is 5.92 Å². The zero-order chi connectivity index (χ0) is 17.5. The van der Waals surface area contributed by atoms with Gasteiger partial charge in [-0.1, -0.05) is 26.8 Å². The average molecular weight is 346 g/mol. The van der Waals surface area contributed by atoms with Crippen molar-refractivity contribution in [3.05, 3.63) is 36.2 Å². The number of pyridine rings is 1. The van der Waals surface area contributed by atoms with E-state index in [4.69, 9.17) is 0 Å². The average Bonchev–Trinajstić information content (AvgIpc) is 2.57. The zero-order valence-electron chi connectivity index (χ0n) is 14.9. The molecule has 1 aliphatic rings. The van der Waals surface area contributed by atoms with Crippen LogP contribution in [0, 0.1) is 5.92 Å². The van der Waals surface area contributed by atoms with E-state index in [-0.39, 0.29) is 17.7 Å². The lowest BCUT2D eigenvalue weighted by molar-refractivity contribution is 0.341. The van der Waals surface area contributed by atoms with Crippen molar-refractivity contribution in [3.63, 3.8) is 0 Å². The third-order valence-electron chi connectivity index (χ3n) is 5.27. The topological polar surface area (TPSA) is 50.3 Å². The Morgan fingerprint density at radius 1 is 1.25 bits per heavy atom. The molecular weight excluding hydrogens is 320 g/mol. The number of nitrogens with zero attached hydrogens (tertiary/aromatic N) is 2. The maximum Gasteiger partial charge on any atom is 0.150 e. The monoisotopic (exact) mass is 346 g/mol. The molecule has 4 nitrogen and oxygen atoms in total. The predicted octanol–water partition coefficient (Wildman–Crippen LogP) is 3.62. The van der Waals surface area contributed by atoms with Gasteiger partial charge in [0.2, 0.25) is 0 Å². The normalized spacial score (nSPS) is 21.3. The van der Waals surface area contributed by atoms with Crippen molar-refractivity contribution in [3.8, 4) is 0 Å². The second-order valence-electron chi connectivity index (χ2n) is 7.10. The van der Waals surface area contributed by atoms with Gasteiger partial charge in [0.25, 0.3) is 0 Å². The minimum Gasteiger partial charge on any atom is -0.368 e. The largest absolute Gasteiger partial charge is 0.368 e. The smallest absolute Gasteiger partial charge is 0.150 e. The highest BCUT2D eigenvalue weighted by Gasteiger charge is 2.38. The Morgan fingerprint density at radius 2 is 2.00 bits per heavy atom. The third kappa shape index (κ3) is 3.02. The van der Waals surface area contributed by atoms with Crippen LogP contribution in [-0.4, -0.2) is 37.5 Å². The second-order valence-corrected chi connectivity index (χ2v) is 9.50. The molecule has 1 fully saturated rings. The van der Waals surface area contributed by atoms with E-state index in [2.05, 4.69) is 48.9 Å². The molecule has 130 valence electrons. The van der Waals surface area contributed by atoms with E-state index in [0.717, 1.165) is 11.9 Å². The van der Waals surface area contributed by atoms with E-state index in [0.29, 0.717) is 11.7 Å². The molecule has 0 saturated carbocycles. The highest BCUT2D eigenvalue weighted by Crippen LogP contribution is 2.38. The fraction of sp³-hybridized carbons (Fsp3) is 0.526. The molecule has 0 radical (unpaired) electrons. The van der Waals surface area contributed by atoms with Gasteiger partial charge in [-0.2, -0.15) is 0 Å². The maximum atomic E-state index is 11.9. The number of aromatic nitrogens is 1. The summed E-state index contributed by atoms with van der Waals surface area (Å²) in [6.45, 7) is 9.04. The molecule has 1 aromatic heterocycles. The molecule has 1 saturated heterocycles. The first-order chi connectivity index (χ1) is 11.3. The number of rotatable bonds is 5. The summed E-state index contributed by atoms with van der Waals surface area (Å²) in [6.07, 6.45) is 3.77. The standard InChI is InChI=1S/C19H26N2O2S/c1-5-24(22,23)12-15-11-21(14(15)4)19-7-6-16(13(2)3)17-8-9-20-10-18(17)19/h6-10,13-15H,5,11-12H2,1-4H3/t14-,15-/m1/s1. The predicted molar refractivity (Wildman–Crippen MR) is 100 cm³/mol. The summed E-state index contributed by atoms with van der Waals surface area (Å²) in [5.41, 5.74) is 2.49. The number of fused-ring (bicyclic) bond motifs is 1. The molecular formula is C19H26N2O2S. The van der Waals surface area contributed by atoms with Gasteiger partial charge in [0.1, 0.15) is 9.84 Å². The van der Waals surface area contributed by atoms with Gasteiger partial charge in [0, 0.05) is 47.7 Å². The van der Waals surface area contributed by atoms with Gasteiger partial charge in [0.15, 0.2) is 0 Å². The Kier molecular flexibility index (Phi) is 4.56. The highest BCUT2D eigenvalue weighted by molar-refractivity contribution is 7.91. The van der Waals surface area contributed by atoms with Gasteiger partial charge >= 0.3 is 0 Å². The first-order valence-electron chi connectivity index (χ1n) is 8.67. The van der Waals surface area contributed by atoms with Crippen molar-refractivity contribution in [1.29, 1.82) is 0 Å². The van der Waals surface area contributed by atoms with E-state index in [1.165, 1.54) is 16.6 Å². The van der Waals surface area contributed by atoms with Gasteiger partial charge in [-0.3, -0.25) is 4.98 Å². The summed E-state index contributed by atoms with van der Waals surface area (Å²) in [5.74, 6) is 1.19. The molecule has 24 heavy (non-hydrogen) atoms. The van der Waals surface area contributed by atoms with Crippen molar-refractivity contribution < 1.29 is 8.42 Å². The van der Waals surface area contributed by atoms with Crippen molar-refractivity contribution >= 4 is 26.3 Å². The summed E-state index contributed by atoms with van der Waals surface area (Å²) in [5, 5.41) is 2.40. The second kappa shape index (κ2) is 6.36. The molecule has 5 heteroatoms. The van der Waals surface area contributed by atoms with E-state index < -0.39 is 9.84 Å². The van der Waals surface area contributed by atoms with Gasteiger partial charge in [-0.05, 0) is 35.9 Å². The first-order valence-corrected chi connectivity index (χ1v) is 10.5. The molecule has 2 heterocycles. The number of benzene rings is 1.